The number of nitrogens with two attached hydrogens (primary N) is 1. The maximum absolute atomic E-state index is 8.79. The molecule has 0 atom stereocenters. The number of fused-ring (bicyclic) bond motifs is 1. The van der Waals surface area contributed by atoms with Crippen LogP contribution in [0.15, 0.2) is 28.0 Å². The Labute approximate surface area is 133 Å². The van der Waals surface area contributed by atoms with E-state index in [1.807, 2.05) is 18.2 Å². The van der Waals surface area contributed by atoms with Gasteiger partial charge >= 0.3 is 0 Å². The summed E-state index contributed by atoms with van der Waals surface area (Å²) in [7, 11) is 0. The van der Waals surface area contributed by atoms with Crippen molar-refractivity contribution in [1.82, 2.24) is 9.97 Å². The fourth-order valence-corrected chi connectivity index (χ4v) is 3.21. The van der Waals surface area contributed by atoms with Crippen LogP contribution in [0.1, 0.15) is 11.1 Å². The summed E-state index contributed by atoms with van der Waals surface area (Å²) >= 11 is 4.93. The van der Waals surface area contributed by atoms with Crippen molar-refractivity contribution in [3.8, 4) is 17.6 Å². The van der Waals surface area contributed by atoms with E-state index in [0.29, 0.717) is 10.9 Å². The number of halogens is 1. The standard InChI is InChI=1S/C13H9BrN4O2S/c14-9-2-11-10(19-6-20-11)1-7(9)5-21-13-17-4-8(3-15)12(16)18-13/h1-2,4H,5-6H2,(H2,16,17,18). The summed E-state index contributed by atoms with van der Waals surface area (Å²) < 4.78 is 11.6. The minimum absolute atomic E-state index is 0.194. The summed E-state index contributed by atoms with van der Waals surface area (Å²) in [6.45, 7) is 0.244. The monoisotopic (exact) mass is 364 g/mol. The second kappa shape index (κ2) is 5.79. The number of nitriles is 1. The second-order valence-corrected chi connectivity index (χ2v) is 5.95. The quantitative estimate of drug-likeness (QED) is 0.660. The molecule has 0 saturated heterocycles. The van der Waals surface area contributed by atoms with Crippen LogP contribution in [0.5, 0.6) is 11.5 Å². The van der Waals surface area contributed by atoms with Crippen molar-refractivity contribution in [2.24, 2.45) is 0 Å². The van der Waals surface area contributed by atoms with Gasteiger partial charge in [0.15, 0.2) is 16.7 Å². The zero-order chi connectivity index (χ0) is 14.8. The molecule has 0 aliphatic carbocycles. The Balaban J connectivity index is 1.76. The lowest BCUT2D eigenvalue weighted by Crippen LogP contribution is -1.98. The first-order chi connectivity index (χ1) is 10.2. The van der Waals surface area contributed by atoms with Gasteiger partial charge in [0, 0.05) is 10.2 Å². The van der Waals surface area contributed by atoms with Gasteiger partial charge in [0.1, 0.15) is 17.5 Å². The number of ether oxygens (including phenoxy) is 2. The van der Waals surface area contributed by atoms with Crippen molar-refractivity contribution < 1.29 is 9.47 Å². The molecule has 3 rings (SSSR count). The Hall–Kier alpha value is -1.98. The highest BCUT2D eigenvalue weighted by Gasteiger charge is 2.16. The molecule has 21 heavy (non-hydrogen) atoms. The Morgan fingerprint density at radius 2 is 2.14 bits per heavy atom. The first-order valence-electron chi connectivity index (χ1n) is 5.91. The number of anilines is 1. The summed E-state index contributed by atoms with van der Waals surface area (Å²) in [5, 5.41) is 9.32. The Bertz CT molecular complexity index is 748. The number of hydrogen-bond acceptors (Lipinski definition) is 7. The third-order valence-electron chi connectivity index (χ3n) is 2.81. The molecule has 6 nitrogen and oxygen atoms in total. The smallest absolute Gasteiger partial charge is 0.231 e. The molecule has 0 fully saturated rings. The highest BCUT2D eigenvalue weighted by Crippen LogP contribution is 2.38. The predicted molar refractivity (Wildman–Crippen MR) is 81.0 cm³/mol. The summed E-state index contributed by atoms with van der Waals surface area (Å²) in [4.78, 5) is 8.20. The Morgan fingerprint density at radius 1 is 1.38 bits per heavy atom. The molecular formula is C13H9BrN4O2S. The first kappa shape index (κ1) is 14.0. The Morgan fingerprint density at radius 3 is 2.86 bits per heavy atom. The van der Waals surface area contributed by atoms with Crippen LogP contribution < -0.4 is 15.2 Å². The molecule has 0 radical (unpaired) electrons. The molecule has 0 saturated carbocycles. The molecule has 2 heterocycles. The van der Waals surface area contributed by atoms with Gasteiger partial charge in [-0.2, -0.15) is 5.26 Å². The summed E-state index contributed by atoms with van der Waals surface area (Å²) in [5.74, 6) is 2.30. The van der Waals surface area contributed by atoms with Crippen molar-refractivity contribution in [1.29, 1.82) is 5.26 Å². The summed E-state index contributed by atoms with van der Waals surface area (Å²) in [6.07, 6.45) is 1.43. The van der Waals surface area contributed by atoms with E-state index in [4.69, 9.17) is 20.5 Å². The van der Waals surface area contributed by atoms with Crippen molar-refractivity contribution in [3.63, 3.8) is 0 Å². The molecule has 1 aromatic carbocycles. The van der Waals surface area contributed by atoms with Crippen LogP contribution in [0.3, 0.4) is 0 Å². The van der Waals surface area contributed by atoms with Gasteiger partial charge in [-0.1, -0.05) is 27.7 Å². The molecule has 0 amide bonds. The number of benzene rings is 1. The molecule has 106 valence electrons. The molecule has 0 unspecified atom stereocenters. The van der Waals surface area contributed by atoms with Crippen molar-refractivity contribution in [2.75, 3.05) is 12.5 Å². The van der Waals surface area contributed by atoms with Crippen molar-refractivity contribution in [2.45, 2.75) is 10.9 Å². The van der Waals surface area contributed by atoms with Crippen LogP contribution in [-0.2, 0) is 5.75 Å². The van der Waals surface area contributed by atoms with Crippen LogP contribution in [0, 0.1) is 11.3 Å². The minimum atomic E-state index is 0.194. The zero-order valence-electron chi connectivity index (χ0n) is 10.7. The zero-order valence-corrected chi connectivity index (χ0v) is 13.1. The average molecular weight is 365 g/mol. The summed E-state index contributed by atoms with van der Waals surface area (Å²) in [5.41, 5.74) is 6.99. The fourth-order valence-electron chi connectivity index (χ4n) is 1.75. The van der Waals surface area contributed by atoms with Gasteiger partial charge < -0.3 is 15.2 Å². The van der Waals surface area contributed by atoms with Gasteiger partial charge in [-0.15, -0.1) is 0 Å². The van der Waals surface area contributed by atoms with E-state index in [-0.39, 0.29) is 18.2 Å². The van der Waals surface area contributed by atoms with Gasteiger partial charge in [0.25, 0.3) is 0 Å². The topological polar surface area (TPSA) is 94.0 Å². The van der Waals surface area contributed by atoms with Gasteiger partial charge in [-0.25, -0.2) is 9.97 Å². The molecule has 1 aliphatic rings. The molecule has 0 spiro atoms. The molecule has 1 aromatic heterocycles. The van der Waals surface area contributed by atoms with E-state index < -0.39 is 0 Å². The molecule has 0 bridgehead atoms. The van der Waals surface area contributed by atoms with Gasteiger partial charge in [0.2, 0.25) is 6.79 Å². The number of nitrogen functional groups attached to an aromatic ring is 1. The number of thioether (sulfide) groups is 1. The SMILES string of the molecule is N#Cc1cnc(SCc2cc3c(cc2Br)OCO3)nc1N. The molecule has 8 heteroatoms. The first-order valence-corrected chi connectivity index (χ1v) is 7.68. The third-order valence-corrected chi connectivity index (χ3v) is 4.46. The van der Waals surface area contributed by atoms with Crippen LogP contribution >= 0.6 is 27.7 Å². The van der Waals surface area contributed by atoms with Crippen LogP contribution in [0.25, 0.3) is 0 Å². The van der Waals surface area contributed by atoms with E-state index in [9.17, 15) is 0 Å². The molecule has 2 N–H and O–H groups in total. The lowest BCUT2D eigenvalue weighted by Gasteiger charge is -2.06. The number of rotatable bonds is 3. The maximum atomic E-state index is 8.79. The van der Waals surface area contributed by atoms with E-state index in [1.54, 1.807) is 0 Å². The molecular weight excluding hydrogens is 356 g/mol. The maximum Gasteiger partial charge on any atom is 0.231 e. The van der Waals surface area contributed by atoms with Crippen molar-refractivity contribution in [3.05, 3.63) is 33.9 Å². The fraction of sp³-hybridized carbons (Fsp3) is 0.154. The molecule has 2 aromatic rings. The van der Waals surface area contributed by atoms with E-state index in [1.165, 1.54) is 18.0 Å². The number of hydrogen-bond donors (Lipinski definition) is 1. The predicted octanol–water partition coefficient (Wildman–Crippen LogP) is 2.71. The second-order valence-electron chi connectivity index (χ2n) is 4.15. The lowest BCUT2D eigenvalue weighted by molar-refractivity contribution is 0.174. The number of aromatic nitrogens is 2. The normalized spacial score (nSPS) is 12.2. The van der Waals surface area contributed by atoms with Crippen LogP contribution in [0.4, 0.5) is 5.82 Å². The van der Waals surface area contributed by atoms with Crippen LogP contribution in [0.2, 0.25) is 0 Å². The lowest BCUT2D eigenvalue weighted by atomic mass is 10.2. The van der Waals surface area contributed by atoms with Gasteiger partial charge in [-0.05, 0) is 17.7 Å². The average Bonchev–Trinajstić information content (AvgIpc) is 2.92. The third kappa shape index (κ3) is 2.89. The van der Waals surface area contributed by atoms with E-state index in [0.717, 1.165) is 21.5 Å². The number of nitrogens with zero attached hydrogens (tertiary/aromatic N) is 3. The van der Waals surface area contributed by atoms with E-state index in [2.05, 4.69) is 25.9 Å². The molecule has 1 aliphatic heterocycles. The summed E-state index contributed by atoms with van der Waals surface area (Å²) in [6, 6.07) is 5.74. The largest absolute Gasteiger partial charge is 0.454 e. The Kier molecular flexibility index (Phi) is 3.86. The van der Waals surface area contributed by atoms with E-state index >= 15 is 0 Å². The van der Waals surface area contributed by atoms with Crippen molar-refractivity contribution >= 4 is 33.5 Å². The minimum Gasteiger partial charge on any atom is -0.454 e. The van der Waals surface area contributed by atoms with Gasteiger partial charge in [-0.3, -0.25) is 0 Å². The highest BCUT2D eigenvalue weighted by atomic mass is 79.9. The van der Waals surface area contributed by atoms with Gasteiger partial charge in [0.05, 0.1) is 6.20 Å². The van der Waals surface area contributed by atoms with Crippen LogP contribution in [-0.4, -0.2) is 16.8 Å². The highest BCUT2D eigenvalue weighted by molar-refractivity contribution is 9.10.